The summed E-state index contributed by atoms with van der Waals surface area (Å²) in [5.74, 6) is 1.03. The summed E-state index contributed by atoms with van der Waals surface area (Å²) in [5.41, 5.74) is 1.08. The lowest BCUT2D eigenvalue weighted by molar-refractivity contribution is 0.154. The molecular formula is C15H27N3O. The molecule has 1 aromatic heterocycles. The van der Waals surface area contributed by atoms with E-state index >= 15 is 0 Å². The zero-order chi connectivity index (χ0) is 14.1. The van der Waals surface area contributed by atoms with Gasteiger partial charge in [-0.05, 0) is 26.0 Å². The molecule has 1 N–H and O–H groups in total. The van der Waals surface area contributed by atoms with Crippen LogP contribution in [0, 0.1) is 0 Å². The summed E-state index contributed by atoms with van der Waals surface area (Å²) in [5, 5.41) is 3.39. The fourth-order valence-electron chi connectivity index (χ4n) is 1.80. The van der Waals surface area contributed by atoms with Gasteiger partial charge in [-0.1, -0.05) is 19.9 Å². The average Bonchev–Trinajstić information content (AvgIpc) is 2.42. The average molecular weight is 265 g/mol. The quantitative estimate of drug-likeness (QED) is 0.696. The molecule has 0 fully saturated rings. The van der Waals surface area contributed by atoms with Gasteiger partial charge in [-0.2, -0.15) is 0 Å². The molecule has 0 saturated carbocycles. The second kappa shape index (κ2) is 8.88. The summed E-state index contributed by atoms with van der Waals surface area (Å²) in [7, 11) is 0. The number of hydrogen-bond acceptors (Lipinski definition) is 4. The Labute approximate surface area is 117 Å². The van der Waals surface area contributed by atoms with Crippen LogP contribution in [0.3, 0.4) is 0 Å². The summed E-state index contributed by atoms with van der Waals surface area (Å²) in [6.07, 6.45) is 0. The summed E-state index contributed by atoms with van der Waals surface area (Å²) in [4.78, 5) is 6.95. The van der Waals surface area contributed by atoms with Crippen molar-refractivity contribution in [2.24, 2.45) is 0 Å². The van der Waals surface area contributed by atoms with Crippen molar-refractivity contribution in [1.29, 1.82) is 0 Å². The van der Waals surface area contributed by atoms with E-state index in [2.05, 4.69) is 49.2 Å². The molecule has 0 unspecified atom stereocenters. The van der Waals surface area contributed by atoms with Gasteiger partial charge in [0, 0.05) is 32.3 Å². The Morgan fingerprint density at radius 1 is 1.32 bits per heavy atom. The van der Waals surface area contributed by atoms with Crippen molar-refractivity contribution in [1.82, 2.24) is 10.3 Å². The van der Waals surface area contributed by atoms with E-state index in [0.717, 1.165) is 44.4 Å². The Bertz CT molecular complexity index is 355. The van der Waals surface area contributed by atoms with E-state index in [1.54, 1.807) is 0 Å². The maximum Gasteiger partial charge on any atom is 0.128 e. The molecule has 0 aromatic carbocycles. The number of pyridine rings is 1. The van der Waals surface area contributed by atoms with Crippen LogP contribution < -0.4 is 10.2 Å². The molecule has 0 aliphatic heterocycles. The van der Waals surface area contributed by atoms with Crippen LogP contribution in [-0.2, 0) is 11.3 Å². The highest BCUT2D eigenvalue weighted by atomic mass is 16.5. The molecule has 108 valence electrons. The standard InChI is InChI=1S/C15H27N3O/c1-5-18(10-11-19-6-2)15-9-7-8-14(17-15)12-16-13(3)4/h7-9,13,16H,5-6,10-12H2,1-4H3. The highest BCUT2D eigenvalue weighted by Crippen LogP contribution is 2.11. The lowest BCUT2D eigenvalue weighted by Gasteiger charge is -2.22. The van der Waals surface area contributed by atoms with E-state index < -0.39 is 0 Å². The summed E-state index contributed by atoms with van der Waals surface area (Å²) < 4.78 is 5.41. The molecule has 0 spiro atoms. The van der Waals surface area contributed by atoms with E-state index in [9.17, 15) is 0 Å². The molecule has 1 heterocycles. The second-order valence-corrected chi connectivity index (χ2v) is 4.80. The first kappa shape index (κ1) is 15.9. The second-order valence-electron chi connectivity index (χ2n) is 4.80. The fraction of sp³-hybridized carbons (Fsp3) is 0.667. The van der Waals surface area contributed by atoms with Crippen LogP contribution in [0.5, 0.6) is 0 Å². The Kier molecular flexibility index (Phi) is 7.45. The molecule has 0 radical (unpaired) electrons. The lowest BCUT2D eigenvalue weighted by atomic mass is 10.3. The zero-order valence-corrected chi connectivity index (χ0v) is 12.6. The smallest absolute Gasteiger partial charge is 0.128 e. The molecule has 0 amide bonds. The van der Waals surface area contributed by atoms with Gasteiger partial charge in [0.1, 0.15) is 5.82 Å². The van der Waals surface area contributed by atoms with Crippen LogP contribution in [0.25, 0.3) is 0 Å². The number of ether oxygens (including phenoxy) is 1. The number of rotatable bonds is 9. The molecule has 0 aliphatic carbocycles. The number of nitrogens with zero attached hydrogens (tertiary/aromatic N) is 2. The number of anilines is 1. The maximum absolute atomic E-state index is 5.41. The number of hydrogen-bond donors (Lipinski definition) is 1. The third-order valence-electron chi connectivity index (χ3n) is 2.90. The van der Waals surface area contributed by atoms with Crippen molar-refractivity contribution >= 4 is 5.82 Å². The van der Waals surface area contributed by atoms with Crippen LogP contribution in [0.2, 0.25) is 0 Å². The fourth-order valence-corrected chi connectivity index (χ4v) is 1.80. The van der Waals surface area contributed by atoms with Gasteiger partial charge in [0.2, 0.25) is 0 Å². The SMILES string of the molecule is CCOCCN(CC)c1cccc(CNC(C)C)n1. The number of nitrogens with one attached hydrogen (secondary N) is 1. The van der Waals surface area contributed by atoms with Gasteiger partial charge < -0.3 is 15.0 Å². The zero-order valence-electron chi connectivity index (χ0n) is 12.6. The van der Waals surface area contributed by atoms with Crippen molar-refractivity contribution in [2.75, 3.05) is 31.2 Å². The van der Waals surface area contributed by atoms with Crippen LogP contribution in [0.4, 0.5) is 5.82 Å². The first-order chi connectivity index (χ1) is 9.17. The van der Waals surface area contributed by atoms with Crippen molar-refractivity contribution in [3.05, 3.63) is 23.9 Å². The Morgan fingerprint density at radius 2 is 2.11 bits per heavy atom. The van der Waals surface area contributed by atoms with Crippen molar-refractivity contribution in [2.45, 2.75) is 40.3 Å². The third-order valence-corrected chi connectivity index (χ3v) is 2.90. The Morgan fingerprint density at radius 3 is 2.74 bits per heavy atom. The van der Waals surface area contributed by atoms with E-state index in [1.807, 2.05) is 6.92 Å². The van der Waals surface area contributed by atoms with Gasteiger partial charge in [0.25, 0.3) is 0 Å². The largest absolute Gasteiger partial charge is 0.380 e. The van der Waals surface area contributed by atoms with Gasteiger partial charge in [-0.25, -0.2) is 4.98 Å². The van der Waals surface area contributed by atoms with Gasteiger partial charge in [0.05, 0.1) is 12.3 Å². The van der Waals surface area contributed by atoms with Crippen molar-refractivity contribution < 1.29 is 4.74 Å². The molecule has 1 rings (SSSR count). The van der Waals surface area contributed by atoms with Gasteiger partial charge >= 0.3 is 0 Å². The highest BCUT2D eigenvalue weighted by Gasteiger charge is 2.06. The molecule has 19 heavy (non-hydrogen) atoms. The minimum atomic E-state index is 0.477. The van der Waals surface area contributed by atoms with E-state index in [-0.39, 0.29) is 0 Å². The maximum atomic E-state index is 5.41. The highest BCUT2D eigenvalue weighted by molar-refractivity contribution is 5.39. The van der Waals surface area contributed by atoms with Gasteiger partial charge in [-0.15, -0.1) is 0 Å². The predicted octanol–water partition coefficient (Wildman–Crippen LogP) is 2.44. The van der Waals surface area contributed by atoms with Crippen LogP contribution >= 0.6 is 0 Å². The summed E-state index contributed by atoms with van der Waals surface area (Å²) in [6, 6.07) is 6.68. The predicted molar refractivity (Wildman–Crippen MR) is 80.6 cm³/mol. The molecular weight excluding hydrogens is 238 g/mol. The molecule has 0 saturated heterocycles. The number of aromatic nitrogens is 1. The van der Waals surface area contributed by atoms with Crippen LogP contribution in [0.15, 0.2) is 18.2 Å². The normalized spacial score (nSPS) is 11.0. The van der Waals surface area contributed by atoms with Crippen molar-refractivity contribution in [3.63, 3.8) is 0 Å². The first-order valence-electron chi connectivity index (χ1n) is 7.19. The Hall–Kier alpha value is -1.13. The molecule has 0 bridgehead atoms. The molecule has 0 aliphatic rings. The minimum Gasteiger partial charge on any atom is -0.380 e. The molecule has 4 nitrogen and oxygen atoms in total. The molecule has 4 heteroatoms. The summed E-state index contributed by atoms with van der Waals surface area (Å²) in [6.45, 7) is 12.6. The van der Waals surface area contributed by atoms with Crippen LogP contribution in [-0.4, -0.2) is 37.3 Å². The minimum absolute atomic E-state index is 0.477. The lowest BCUT2D eigenvalue weighted by Crippen LogP contribution is -2.28. The van der Waals surface area contributed by atoms with Gasteiger partial charge in [0.15, 0.2) is 0 Å². The molecule has 1 aromatic rings. The topological polar surface area (TPSA) is 37.4 Å². The monoisotopic (exact) mass is 265 g/mol. The summed E-state index contributed by atoms with van der Waals surface area (Å²) >= 11 is 0. The van der Waals surface area contributed by atoms with E-state index in [0.29, 0.717) is 6.04 Å². The van der Waals surface area contributed by atoms with E-state index in [1.165, 1.54) is 0 Å². The van der Waals surface area contributed by atoms with E-state index in [4.69, 9.17) is 9.72 Å². The first-order valence-corrected chi connectivity index (χ1v) is 7.19. The number of likely N-dealkylation sites (N-methyl/N-ethyl adjacent to an activating group) is 1. The van der Waals surface area contributed by atoms with Crippen molar-refractivity contribution in [3.8, 4) is 0 Å². The third kappa shape index (κ3) is 6.03. The van der Waals surface area contributed by atoms with Crippen LogP contribution in [0.1, 0.15) is 33.4 Å². The molecule has 0 atom stereocenters. The Balaban J connectivity index is 2.61. The van der Waals surface area contributed by atoms with Gasteiger partial charge in [-0.3, -0.25) is 0 Å².